The van der Waals surface area contributed by atoms with Crippen LogP contribution < -0.4 is 10.0 Å². The third-order valence-corrected chi connectivity index (χ3v) is 7.26. The van der Waals surface area contributed by atoms with E-state index in [4.69, 9.17) is 0 Å². The number of amides is 1. The van der Waals surface area contributed by atoms with Gasteiger partial charge in [0.15, 0.2) is 11.0 Å². The summed E-state index contributed by atoms with van der Waals surface area (Å²) in [5.41, 5.74) is 1.70. The van der Waals surface area contributed by atoms with E-state index in [2.05, 4.69) is 20.0 Å². The van der Waals surface area contributed by atoms with Gasteiger partial charge in [-0.1, -0.05) is 42.9 Å². The van der Waals surface area contributed by atoms with Gasteiger partial charge in [-0.3, -0.25) is 4.79 Å². The Kier molecular flexibility index (Phi) is 6.93. The smallest absolute Gasteiger partial charge is 0.244 e. The summed E-state index contributed by atoms with van der Waals surface area (Å²) in [6.07, 6.45) is 3.89. The maximum Gasteiger partial charge on any atom is 0.244 e. The van der Waals surface area contributed by atoms with Crippen LogP contribution in [-0.4, -0.2) is 34.9 Å². The van der Waals surface area contributed by atoms with E-state index in [1.807, 2.05) is 45.5 Å². The molecule has 0 aliphatic heterocycles. The molecule has 1 amide bonds. The van der Waals surface area contributed by atoms with Crippen molar-refractivity contribution in [2.45, 2.75) is 45.1 Å². The van der Waals surface area contributed by atoms with Crippen molar-refractivity contribution < 1.29 is 13.2 Å². The minimum atomic E-state index is -3.84. The average Bonchev–Trinajstić information content (AvgIpc) is 3.25. The number of hydrogen-bond donors (Lipinski definition) is 2. The molecule has 0 saturated heterocycles. The Morgan fingerprint density at radius 3 is 2.45 bits per heavy atom. The Labute approximate surface area is 186 Å². The van der Waals surface area contributed by atoms with Crippen LogP contribution in [0.25, 0.3) is 10.7 Å². The molecular weight excluding hydrogens is 434 g/mol. The van der Waals surface area contributed by atoms with Gasteiger partial charge in [0, 0.05) is 19.4 Å². The number of thiazole rings is 1. The summed E-state index contributed by atoms with van der Waals surface area (Å²) < 4.78 is 30.1. The summed E-state index contributed by atoms with van der Waals surface area (Å²) in [5, 5.41) is 3.18. The van der Waals surface area contributed by atoms with Crippen LogP contribution in [0.15, 0.2) is 41.6 Å². The second-order valence-electron chi connectivity index (χ2n) is 7.90. The molecule has 166 valence electrons. The van der Waals surface area contributed by atoms with Gasteiger partial charge in [-0.25, -0.2) is 18.4 Å². The summed E-state index contributed by atoms with van der Waals surface area (Å²) in [6.45, 7) is 7.61. The fourth-order valence-electron chi connectivity index (χ4n) is 3.09. The molecule has 0 aliphatic rings. The van der Waals surface area contributed by atoms with Crippen LogP contribution in [0.4, 0.5) is 5.13 Å². The van der Waals surface area contributed by atoms with E-state index in [9.17, 15) is 13.2 Å². The molecular formula is C21H27N5O3S2. The predicted octanol–water partition coefficient (Wildman–Crippen LogP) is 3.49. The van der Waals surface area contributed by atoms with Crippen LogP contribution in [0.3, 0.4) is 0 Å². The highest BCUT2D eigenvalue weighted by Crippen LogP contribution is 2.31. The zero-order chi connectivity index (χ0) is 22.8. The maximum absolute atomic E-state index is 13.0. The molecule has 0 bridgehead atoms. The lowest BCUT2D eigenvalue weighted by Gasteiger charge is -2.19. The summed E-state index contributed by atoms with van der Waals surface area (Å²) in [7, 11) is -1.96. The van der Waals surface area contributed by atoms with Gasteiger partial charge in [0.2, 0.25) is 15.9 Å². The molecule has 0 saturated carbocycles. The van der Waals surface area contributed by atoms with Crippen molar-refractivity contribution in [3.8, 4) is 10.7 Å². The van der Waals surface area contributed by atoms with Crippen LogP contribution in [0.5, 0.6) is 0 Å². The first-order chi connectivity index (χ1) is 14.6. The molecule has 1 aromatic carbocycles. The highest BCUT2D eigenvalue weighted by atomic mass is 32.2. The van der Waals surface area contributed by atoms with Crippen molar-refractivity contribution in [3.05, 3.63) is 47.9 Å². The number of imidazole rings is 1. The van der Waals surface area contributed by atoms with Crippen molar-refractivity contribution >= 4 is 32.4 Å². The van der Waals surface area contributed by atoms with Gasteiger partial charge < -0.3 is 9.88 Å². The molecule has 3 aromatic rings. The van der Waals surface area contributed by atoms with Crippen LogP contribution in [-0.2, 0) is 21.9 Å². The molecule has 10 heteroatoms. The van der Waals surface area contributed by atoms with E-state index in [0.717, 1.165) is 22.0 Å². The van der Waals surface area contributed by atoms with Crippen LogP contribution in [0.2, 0.25) is 0 Å². The Bertz CT molecular complexity index is 1160. The van der Waals surface area contributed by atoms with Crippen LogP contribution in [0, 0.1) is 19.8 Å². The molecule has 0 spiro atoms. The van der Waals surface area contributed by atoms with Crippen molar-refractivity contribution in [2.75, 3.05) is 5.32 Å². The van der Waals surface area contributed by atoms with Gasteiger partial charge in [0.05, 0.1) is 15.5 Å². The lowest BCUT2D eigenvalue weighted by Crippen LogP contribution is -2.44. The molecule has 1 unspecified atom stereocenters. The molecule has 2 aromatic heterocycles. The minimum absolute atomic E-state index is 0.109. The Balaban J connectivity index is 1.81. The van der Waals surface area contributed by atoms with E-state index in [-0.39, 0.29) is 10.8 Å². The minimum Gasteiger partial charge on any atom is -0.333 e. The Morgan fingerprint density at radius 2 is 1.87 bits per heavy atom. The standard InChI is InChI=1S/C21H27N5O3S2/c1-13(2)12-17(25-31(28,29)16-8-6-14(3)7-9-16)20(27)24-21-23-15(4)18(30-21)19-22-10-11-26(19)5/h6-11,13,17,25H,12H2,1-5H3,(H,23,24,27). The van der Waals surface area contributed by atoms with Gasteiger partial charge in [-0.15, -0.1) is 0 Å². The van der Waals surface area contributed by atoms with E-state index < -0.39 is 22.0 Å². The highest BCUT2D eigenvalue weighted by molar-refractivity contribution is 7.89. The zero-order valence-electron chi connectivity index (χ0n) is 18.2. The predicted molar refractivity (Wildman–Crippen MR) is 122 cm³/mol. The molecule has 8 nitrogen and oxygen atoms in total. The lowest BCUT2D eigenvalue weighted by molar-refractivity contribution is -0.118. The maximum atomic E-state index is 13.0. The average molecular weight is 462 g/mol. The number of aryl methyl sites for hydroxylation is 3. The molecule has 0 aliphatic carbocycles. The molecule has 3 rings (SSSR count). The molecule has 0 fully saturated rings. The molecule has 0 radical (unpaired) electrons. The SMILES string of the molecule is Cc1ccc(S(=O)(=O)NC(CC(C)C)C(=O)Nc2nc(C)c(-c3nccn3C)s2)cc1. The normalized spacial score (nSPS) is 12.8. The molecule has 31 heavy (non-hydrogen) atoms. The van der Waals surface area contributed by atoms with Gasteiger partial charge in [0.25, 0.3) is 0 Å². The number of sulfonamides is 1. The fraction of sp³-hybridized carbons (Fsp3) is 0.381. The largest absolute Gasteiger partial charge is 0.333 e. The summed E-state index contributed by atoms with van der Waals surface area (Å²) in [5.74, 6) is 0.427. The third kappa shape index (κ3) is 5.57. The van der Waals surface area contributed by atoms with Crippen molar-refractivity contribution in [1.29, 1.82) is 0 Å². The highest BCUT2D eigenvalue weighted by Gasteiger charge is 2.27. The number of benzene rings is 1. The Hall–Kier alpha value is -2.56. The molecule has 2 heterocycles. The second-order valence-corrected chi connectivity index (χ2v) is 10.6. The topological polar surface area (TPSA) is 106 Å². The number of anilines is 1. The van der Waals surface area contributed by atoms with Gasteiger partial charge in [-0.05, 0) is 38.3 Å². The number of rotatable bonds is 8. The molecule has 2 N–H and O–H groups in total. The quantitative estimate of drug-likeness (QED) is 0.534. The summed E-state index contributed by atoms with van der Waals surface area (Å²) in [4.78, 5) is 22.7. The summed E-state index contributed by atoms with van der Waals surface area (Å²) in [6, 6.07) is 5.59. The first-order valence-electron chi connectivity index (χ1n) is 9.92. The first kappa shape index (κ1) is 23.1. The second kappa shape index (κ2) is 9.29. The number of nitrogens with zero attached hydrogens (tertiary/aromatic N) is 3. The number of carbonyl (C=O) groups is 1. The van der Waals surface area contributed by atoms with Crippen molar-refractivity contribution in [3.63, 3.8) is 0 Å². The van der Waals surface area contributed by atoms with Gasteiger partial charge in [-0.2, -0.15) is 4.72 Å². The van der Waals surface area contributed by atoms with Gasteiger partial charge >= 0.3 is 0 Å². The van der Waals surface area contributed by atoms with Crippen molar-refractivity contribution in [1.82, 2.24) is 19.3 Å². The van der Waals surface area contributed by atoms with Gasteiger partial charge in [0.1, 0.15) is 6.04 Å². The summed E-state index contributed by atoms with van der Waals surface area (Å²) >= 11 is 1.31. The van der Waals surface area contributed by atoms with Crippen molar-refractivity contribution in [2.24, 2.45) is 13.0 Å². The fourth-order valence-corrected chi connectivity index (χ4v) is 5.30. The van der Waals surface area contributed by atoms with E-state index in [0.29, 0.717) is 11.6 Å². The number of aromatic nitrogens is 3. The zero-order valence-corrected chi connectivity index (χ0v) is 19.8. The lowest BCUT2D eigenvalue weighted by atomic mass is 10.0. The van der Waals surface area contributed by atoms with E-state index >= 15 is 0 Å². The number of carbonyl (C=O) groups excluding carboxylic acids is 1. The number of nitrogens with one attached hydrogen (secondary N) is 2. The van der Waals surface area contributed by atoms with E-state index in [1.54, 1.807) is 18.3 Å². The first-order valence-corrected chi connectivity index (χ1v) is 12.2. The molecule has 1 atom stereocenters. The third-order valence-electron chi connectivity index (χ3n) is 4.70. The monoisotopic (exact) mass is 461 g/mol. The van der Waals surface area contributed by atoms with Crippen LogP contribution >= 0.6 is 11.3 Å². The van der Waals surface area contributed by atoms with Crippen LogP contribution in [0.1, 0.15) is 31.5 Å². The van der Waals surface area contributed by atoms with E-state index in [1.165, 1.54) is 23.5 Å². The Morgan fingerprint density at radius 1 is 1.19 bits per heavy atom. The number of hydrogen-bond acceptors (Lipinski definition) is 6.